The maximum absolute atomic E-state index is 13.9. The van der Waals surface area contributed by atoms with Crippen LogP contribution in [-0.2, 0) is 0 Å². The van der Waals surface area contributed by atoms with Gasteiger partial charge in [-0.15, -0.1) is 0 Å². The van der Waals surface area contributed by atoms with Crippen molar-refractivity contribution in [3.05, 3.63) is 35.1 Å². The molecule has 1 atom stereocenters. The van der Waals surface area contributed by atoms with Gasteiger partial charge in [-0.25, -0.2) is 13.2 Å². The number of hydrogen-bond donors (Lipinski definition) is 1. The summed E-state index contributed by atoms with van der Waals surface area (Å²) < 4.78 is 40.2. The summed E-state index contributed by atoms with van der Waals surface area (Å²) in [5.74, 6) is -2.93. The van der Waals surface area contributed by atoms with E-state index in [0.717, 1.165) is 32.0 Å². The van der Waals surface area contributed by atoms with Crippen molar-refractivity contribution >= 4 is 0 Å². The molecule has 2 N–H and O–H groups in total. The first-order chi connectivity index (χ1) is 9.34. The van der Waals surface area contributed by atoms with Gasteiger partial charge >= 0.3 is 0 Å². The molecule has 0 bridgehead atoms. The van der Waals surface area contributed by atoms with Crippen molar-refractivity contribution in [1.82, 2.24) is 4.90 Å². The molecule has 1 aliphatic heterocycles. The molecule has 20 heavy (non-hydrogen) atoms. The predicted octanol–water partition coefficient (Wildman–Crippen LogP) is 3.23. The van der Waals surface area contributed by atoms with Crippen molar-refractivity contribution in [2.45, 2.75) is 32.7 Å². The first kappa shape index (κ1) is 15.3. The summed E-state index contributed by atoms with van der Waals surface area (Å²) in [7, 11) is 0. The number of benzene rings is 1. The smallest absolute Gasteiger partial charge is 0.161 e. The van der Waals surface area contributed by atoms with E-state index in [4.69, 9.17) is 5.73 Å². The van der Waals surface area contributed by atoms with E-state index < -0.39 is 23.5 Å². The summed E-state index contributed by atoms with van der Waals surface area (Å²) in [6.45, 7) is 6.14. The lowest BCUT2D eigenvalue weighted by Gasteiger charge is -2.41. The molecule has 1 aliphatic rings. The second-order valence-corrected chi connectivity index (χ2v) is 6.24. The van der Waals surface area contributed by atoms with E-state index in [1.165, 1.54) is 0 Å². The molecule has 1 saturated heterocycles. The van der Waals surface area contributed by atoms with Gasteiger partial charge in [0.25, 0.3) is 0 Å². The quantitative estimate of drug-likeness (QED) is 0.864. The number of nitrogens with two attached hydrogens (primary N) is 1. The topological polar surface area (TPSA) is 29.3 Å². The van der Waals surface area contributed by atoms with Crippen LogP contribution < -0.4 is 5.73 Å². The number of halogens is 3. The fourth-order valence-electron chi connectivity index (χ4n) is 2.71. The minimum absolute atomic E-state index is 0.145. The molecular weight excluding hydrogens is 265 g/mol. The molecular formula is C15H21F3N2. The lowest BCUT2D eigenvalue weighted by Crippen LogP contribution is -2.42. The van der Waals surface area contributed by atoms with E-state index in [-0.39, 0.29) is 17.5 Å². The normalized spacial score (nSPS) is 20.9. The van der Waals surface area contributed by atoms with Gasteiger partial charge in [0.15, 0.2) is 11.6 Å². The number of likely N-dealkylation sites (tertiary alicyclic amines) is 1. The van der Waals surface area contributed by atoms with Crippen molar-refractivity contribution < 1.29 is 13.2 Å². The monoisotopic (exact) mass is 286 g/mol. The maximum Gasteiger partial charge on any atom is 0.161 e. The number of nitrogens with zero attached hydrogens (tertiary/aromatic N) is 1. The standard InChI is InChI=1S/C15H21F3N2/c1-15(2)3-5-20(6-4-15)14(9-19)10-7-12(17)13(18)8-11(10)16/h7-8,14H,3-6,9,19H2,1-2H3. The zero-order valence-electron chi connectivity index (χ0n) is 11.9. The third-order valence-electron chi connectivity index (χ3n) is 4.21. The number of hydrogen-bond acceptors (Lipinski definition) is 2. The van der Waals surface area contributed by atoms with Crippen LogP contribution in [0.1, 0.15) is 38.3 Å². The van der Waals surface area contributed by atoms with Gasteiger partial charge in [-0.3, -0.25) is 4.90 Å². The lowest BCUT2D eigenvalue weighted by atomic mass is 9.82. The molecule has 1 heterocycles. The van der Waals surface area contributed by atoms with Gasteiger partial charge < -0.3 is 5.73 Å². The summed E-state index contributed by atoms with van der Waals surface area (Å²) in [5.41, 5.74) is 6.15. The van der Waals surface area contributed by atoms with Crippen LogP contribution in [0.25, 0.3) is 0 Å². The Bertz CT molecular complexity index is 478. The summed E-state index contributed by atoms with van der Waals surface area (Å²) in [5, 5.41) is 0. The Kier molecular flexibility index (Phi) is 4.39. The van der Waals surface area contributed by atoms with Gasteiger partial charge in [-0.2, -0.15) is 0 Å². The van der Waals surface area contributed by atoms with Crippen LogP contribution in [0.5, 0.6) is 0 Å². The Morgan fingerprint density at radius 1 is 1.10 bits per heavy atom. The average Bonchev–Trinajstić information content (AvgIpc) is 2.38. The predicted molar refractivity (Wildman–Crippen MR) is 72.7 cm³/mol. The van der Waals surface area contributed by atoms with Crippen molar-refractivity contribution in [2.24, 2.45) is 11.1 Å². The highest BCUT2D eigenvalue weighted by Gasteiger charge is 2.31. The van der Waals surface area contributed by atoms with E-state index >= 15 is 0 Å². The molecule has 1 aromatic carbocycles. The average molecular weight is 286 g/mol. The third kappa shape index (κ3) is 3.15. The highest BCUT2D eigenvalue weighted by Crippen LogP contribution is 2.34. The van der Waals surface area contributed by atoms with Crippen LogP contribution in [0, 0.1) is 22.9 Å². The largest absolute Gasteiger partial charge is 0.329 e. The summed E-state index contributed by atoms with van der Waals surface area (Å²) >= 11 is 0. The fourth-order valence-corrected chi connectivity index (χ4v) is 2.71. The molecule has 0 aromatic heterocycles. The van der Waals surface area contributed by atoms with E-state index in [0.29, 0.717) is 6.07 Å². The fraction of sp³-hybridized carbons (Fsp3) is 0.600. The Morgan fingerprint density at radius 3 is 2.20 bits per heavy atom. The van der Waals surface area contributed by atoms with Crippen LogP contribution in [0.15, 0.2) is 12.1 Å². The number of rotatable bonds is 3. The molecule has 1 aromatic rings. The van der Waals surface area contributed by atoms with Gasteiger partial charge in [-0.05, 0) is 37.4 Å². The first-order valence-corrected chi connectivity index (χ1v) is 6.92. The lowest BCUT2D eigenvalue weighted by molar-refractivity contribution is 0.0947. The zero-order chi connectivity index (χ0) is 14.9. The highest BCUT2D eigenvalue weighted by molar-refractivity contribution is 5.24. The molecule has 0 spiro atoms. The highest BCUT2D eigenvalue weighted by atomic mass is 19.2. The second kappa shape index (κ2) is 5.74. The van der Waals surface area contributed by atoms with E-state index in [9.17, 15) is 13.2 Å². The number of piperidine rings is 1. The summed E-state index contributed by atoms with van der Waals surface area (Å²) in [4.78, 5) is 2.06. The zero-order valence-corrected chi connectivity index (χ0v) is 11.9. The molecule has 2 rings (SSSR count). The van der Waals surface area contributed by atoms with Gasteiger partial charge in [0.2, 0.25) is 0 Å². The molecule has 1 fully saturated rings. The SMILES string of the molecule is CC1(C)CCN(C(CN)c2cc(F)c(F)cc2F)CC1. The Morgan fingerprint density at radius 2 is 1.65 bits per heavy atom. The van der Waals surface area contributed by atoms with Gasteiger partial charge in [0, 0.05) is 18.2 Å². The van der Waals surface area contributed by atoms with Crippen molar-refractivity contribution in [3.8, 4) is 0 Å². The Hall–Kier alpha value is -1.07. The molecule has 1 unspecified atom stereocenters. The molecule has 0 amide bonds. The van der Waals surface area contributed by atoms with E-state index in [2.05, 4.69) is 18.7 Å². The van der Waals surface area contributed by atoms with Crippen molar-refractivity contribution in [1.29, 1.82) is 0 Å². The van der Waals surface area contributed by atoms with Crippen LogP contribution in [0.3, 0.4) is 0 Å². The van der Waals surface area contributed by atoms with Gasteiger partial charge in [0.1, 0.15) is 5.82 Å². The molecule has 0 aliphatic carbocycles. The van der Waals surface area contributed by atoms with E-state index in [1.54, 1.807) is 0 Å². The summed E-state index contributed by atoms with van der Waals surface area (Å²) in [6.07, 6.45) is 1.96. The molecule has 112 valence electrons. The van der Waals surface area contributed by atoms with Crippen molar-refractivity contribution in [2.75, 3.05) is 19.6 Å². The van der Waals surface area contributed by atoms with Crippen LogP contribution >= 0.6 is 0 Å². The maximum atomic E-state index is 13.9. The minimum Gasteiger partial charge on any atom is -0.329 e. The first-order valence-electron chi connectivity index (χ1n) is 6.92. The third-order valence-corrected chi connectivity index (χ3v) is 4.21. The molecule has 5 heteroatoms. The van der Waals surface area contributed by atoms with Crippen molar-refractivity contribution in [3.63, 3.8) is 0 Å². The Balaban J connectivity index is 2.23. The molecule has 0 radical (unpaired) electrons. The van der Waals surface area contributed by atoms with Crippen LogP contribution in [-0.4, -0.2) is 24.5 Å². The summed E-state index contributed by atoms with van der Waals surface area (Å²) in [6, 6.07) is 1.13. The Labute approximate surface area is 117 Å². The van der Waals surface area contributed by atoms with Crippen LogP contribution in [0.4, 0.5) is 13.2 Å². The van der Waals surface area contributed by atoms with E-state index in [1.807, 2.05) is 0 Å². The van der Waals surface area contributed by atoms with Gasteiger partial charge in [-0.1, -0.05) is 13.8 Å². The molecule has 0 saturated carbocycles. The van der Waals surface area contributed by atoms with Crippen LogP contribution in [0.2, 0.25) is 0 Å². The second-order valence-electron chi connectivity index (χ2n) is 6.24. The minimum atomic E-state index is -1.17. The molecule has 2 nitrogen and oxygen atoms in total. The van der Waals surface area contributed by atoms with Gasteiger partial charge in [0.05, 0.1) is 6.04 Å².